The average molecular weight is 437 g/mol. The zero-order chi connectivity index (χ0) is 22.0. The largest absolute Gasteiger partial charge is 0.456 e. The van der Waals surface area contributed by atoms with Gasteiger partial charge in [-0.2, -0.15) is 0 Å². The molecule has 4 rings (SSSR count). The number of amides is 1. The summed E-state index contributed by atoms with van der Waals surface area (Å²) in [6.07, 6.45) is 0.561. The standard InChI is InChI=1S/C19H18F3N5O4/c20-6-14-16-19(3-4-29-16,27-18(23)31-14)11-5-10(1-2-12(11)22)26-17(28)13-7-25-15(8-24-13)30-9-21/h1-2,5,7-8,14,16H,3-4,6,9H2,(H2,23,27)(H,26,28)/t14-,16+,19-/m1/s1. The van der Waals surface area contributed by atoms with Crippen molar-refractivity contribution < 1.29 is 32.2 Å². The Hall–Kier alpha value is -3.41. The number of carbonyl (C=O) groups excluding carboxylic acids is 1. The molecule has 3 atom stereocenters. The second-order valence-corrected chi connectivity index (χ2v) is 6.87. The number of alkyl halides is 2. The van der Waals surface area contributed by atoms with Crippen LogP contribution in [0.4, 0.5) is 18.9 Å². The predicted octanol–water partition coefficient (Wildman–Crippen LogP) is 1.84. The van der Waals surface area contributed by atoms with Crippen LogP contribution in [0.15, 0.2) is 35.6 Å². The maximum absolute atomic E-state index is 14.8. The molecule has 0 aliphatic carbocycles. The van der Waals surface area contributed by atoms with Gasteiger partial charge in [-0.05, 0) is 18.2 Å². The lowest BCUT2D eigenvalue weighted by Crippen LogP contribution is -2.51. The average Bonchev–Trinajstić information content (AvgIpc) is 3.20. The predicted molar refractivity (Wildman–Crippen MR) is 101 cm³/mol. The summed E-state index contributed by atoms with van der Waals surface area (Å²) in [5, 5.41) is 2.58. The first-order valence-electron chi connectivity index (χ1n) is 9.28. The summed E-state index contributed by atoms with van der Waals surface area (Å²) in [7, 11) is 0. The molecule has 0 saturated carbocycles. The van der Waals surface area contributed by atoms with Crippen molar-refractivity contribution in [3.05, 3.63) is 47.7 Å². The molecule has 1 aromatic carbocycles. The Labute approximate surface area is 174 Å². The molecule has 2 aliphatic heterocycles. The molecule has 1 fully saturated rings. The summed E-state index contributed by atoms with van der Waals surface area (Å²) < 4.78 is 55.8. The van der Waals surface area contributed by atoms with Crippen molar-refractivity contribution in [3.8, 4) is 5.88 Å². The second kappa shape index (κ2) is 8.38. The molecular formula is C19H18F3N5O4. The van der Waals surface area contributed by atoms with Crippen LogP contribution in [0.3, 0.4) is 0 Å². The fourth-order valence-electron chi connectivity index (χ4n) is 3.75. The Bertz CT molecular complexity index is 1010. The van der Waals surface area contributed by atoms with Crippen molar-refractivity contribution >= 4 is 17.6 Å². The Balaban J connectivity index is 1.63. The topological polar surface area (TPSA) is 121 Å². The lowest BCUT2D eigenvalue weighted by atomic mass is 9.80. The Kier molecular flexibility index (Phi) is 5.63. The highest BCUT2D eigenvalue weighted by atomic mass is 19.1. The number of aromatic nitrogens is 2. The molecule has 2 aromatic rings. The summed E-state index contributed by atoms with van der Waals surface area (Å²) in [6.45, 7) is -1.76. The normalized spacial score (nSPS) is 24.7. The Morgan fingerprint density at radius 1 is 1.32 bits per heavy atom. The van der Waals surface area contributed by atoms with Gasteiger partial charge in [-0.15, -0.1) is 0 Å². The van der Waals surface area contributed by atoms with Gasteiger partial charge in [-0.3, -0.25) is 4.79 Å². The third kappa shape index (κ3) is 3.85. The number of hydrogen-bond acceptors (Lipinski definition) is 8. The molecule has 0 radical (unpaired) electrons. The number of ether oxygens (including phenoxy) is 3. The molecule has 1 saturated heterocycles. The van der Waals surface area contributed by atoms with E-state index >= 15 is 0 Å². The van der Waals surface area contributed by atoms with Crippen LogP contribution in [-0.2, 0) is 15.0 Å². The van der Waals surface area contributed by atoms with Gasteiger partial charge < -0.3 is 25.3 Å². The van der Waals surface area contributed by atoms with Gasteiger partial charge in [0.05, 0.1) is 19.0 Å². The minimum absolute atomic E-state index is 0.0665. The van der Waals surface area contributed by atoms with E-state index in [0.717, 1.165) is 18.5 Å². The van der Waals surface area contributed by atoms with Crippen molar-refractivity contribution in [1.29, 1.82) is 0 Å². The lowest BCUT2D eigenvalue weighted by molar-refractivity contribution is -0.0442. The van der Waals surface area contributed by atoms with E-state index in [1.165, 1.54) is 12.1 Å². The minimum Gasteiger partial charge on any atom is -0.456 e. The molecule has 0 bridgehead atoms. The van der Waals surface area contributed by atoms with E-state index in [4.69, 9.17) is 15.2 Å². The van der Waals surface area contributed by atoms with Crippen molar-refractivity contribution in [3.63, 3.8) is 0 Å². The maximum Gasteiger partial charge on any atom is 0.283 e. The molecule has 31 heavy (non-hydrogen) atoms. The number of halogens is 3. The highest BCUT2D eigenvalue weighted by Crippen LogP contribution is 2.45. The maximum atomic E-state index is 14.8. The van der Waals surface area contributed by atoms with Gasteiger partial charge in [0.15, 0.2) is 6.10 Å². The van der Waals surface area contributed by atoms with Gasteiger partial charge >= 0.3 is 0 Å². The minimum atomic E-state index is -1.28. The van der Waals surface area contributed by atoms with Crippen LogP contribution in [0.2, 0.25) is 0 Å². The van der Waals surface area contributed by atoms with Gasteiger partial charge in [-0.25, -0.2) is 28.1 Å². The number of benzene rings is 1. The molecule has 1 aromatic heterocycles. The number of rotatable bonds is 6. The summed E-state index contributed by atoms with van der Waals surface area (Å²) in [5.41, 5.74) is 4.71. The fourth-order valence-corrected chi connectivity index (χ4v) is 3.75. The first kappa shape index (κ1) is 20.8. The van der Waals surface area contributed by atoms with Crippen molar-refractivity contribution in [1.82, 2.24) is 9.97 Å². The highest BCUT2D eigenvalue weighted by Gasteiger charge is 2.54. The summed E-state index contributed by atoms with van der Waals surface area (Å²) in [4.78, 5) is 24.4. The van der Waals surface area contributed by atoms with Crippen LogP contribution in [0.5, 0.6) is 5.88 Å². The molecule has 2 aliphatic rings. The summed E-state index contributed by atoms with van der Waals surface area (Å²) >= 11 is 0. The Morgan fingerprint density at radius 3 is 2.87 bits per heavy atom. The molecule has 164 valence electrons. The monoisotopic (exact) mass is 437 g/mol. The Morgan fingerprint density at radius 2 is 2.16 bits per heavy atom. The molecule has 9 nitrogen and oxygen atoms in total. The summed E-state index contributed by atoms with van der Waals surface area (Å²) in [6, 6.07) is 3.64. The number of nitrogens with two attached hydrogens (primary N) is 1. The van der Waals surface area contributed by atoms with Gasteiger partial charge in [0.1, 0.15) is 29.8 Å². The SMILES string of the molecule is NC1=N[C@@]2(c3cc(NC(=O)c4cnc(OCF)cn4)ccc3F)CCO[C@H]2[C@@H](CF)O1. The quantitative estimate of drug-likeness (QED) is 0.707. The van der Waals surface area contributed by atoms with Crippen molar-refractivity contribution in [2.45, 2.75) is 24.2 Å². The molecule has 1 amide bonds. The van der Waals surface area contributed by atoms with Crippen LogP contribution in [0, 0.1) is 5.82 Å². The zero-order valence-corrected chi connectivity index (χ0v) is 16.1. The second-order valence-electron chi connectivity index (χ2n) is 6.87. The fraction of sp³-hybridized carbons (Fsp3) is 0.368. The number of carbonyl (C=O) groups is 1. The van der Waals surface area contributed by atoms with E-state index in [2.05, 4.69) is 25.0 Å². The number of hydrogen-bond donors (Lipinski definition) is 2. The van der Waals surface area contributed by atoms with E-state index in [1.54, 1.807) is 0 Å². The number of anilines is 1. The summed E-state index contributed by atoms with van der Waals surface area (Å²) in [5.74, 6) is -1.32. The van der Waals surface area contributed by atoms with Gasteiger partial charge in [0, 0.05) is 17.7 Å². The molecule has 12 heteroatoms. The van der Waals surface area contributed by atoms with Crippen LogP contribution < -0.4 is 15.8 Å². The number of nitrogens with zero attached hydrogens (tertiary/aromatic N) is 3. The molecular weight excluding hydrogens is 419 g/mol. The van der Waals surface area contributed by atoms with E-state index in [-0.39, 0.29) is 41.9 Å². The van der Waals surface area contributed by atoms with Crippen LogP contribution >= 0.6 is 0 Å². The highest BCUT2D eigenvalue weighted by molar-refractivity contribution is 6.02. The first-order chi connectivity index (χ1) is 15.0. The van der Waals surface area contributed by atoms with E-state index in [1.807, 2.05) is 0 Å². The third-order valence-corrected chi connectivity index (χ3v) is 5.08. The van der Waals surface area contributed by atoms with Crippen LogP contribution in [-0.4, -0.2) is 54.2 Å². The van der Waals surface area contributed by atoms with E-state index < -0.39 is 43.0 Å². The number of amidine groups is 1. The first-order valence-corrected chi connectivity index (χ1v) is 9.28. The zero-order valence-electron chi connectivity index (χ0n) is 16.1. The molecule has 3 N–H and O–H groups in total. The van der Waals surface area contributed by atoms with E-state index in [9.17, 15) is 18.0 Å². The number of aliphatic imine (C=N–C) groups is 1. The molecule has 0 spiro atoms. The van der Waals surface area contributed by atoms with E-state index in [0.29, 0.717) is 0 Å². The van der Waals surface area contributed by atoms with Crippen LogP contribution in [0.25, 0.3) is 0 Å². The van der Waals surface area contributed by atoms with Crippen molar-refractivity contribution in [2.75, 3.05) is 25.5 Å². The van der Waals surface area contributed by atoms with Gasteiger partial charge in [0.25, 0.3) is 11.9 Å². The van der Waals surface area contributed by atoms with Gasteiger partial charge in [0.2, 0.25) is 12.7 Å². The van der Waals surface area contributed by atoms with Crippen LogP contribution in [0.1, 0.15) is 22.5 Å². The molecule has 3 heterocycles. The molecule has 0 unspecified atom stereocenters. The number of fused-ring (bicyclic) bond motifs is 1. The van der Waals surface area contributed by atoms with Crippen molar-refractivity contribution in [2.24, 2.45) is 10.7 Å². The van der Waals surface area contributed by atoms with Gasteiger partial charge in [-0.1, -0.05) is 0 Å². The smallest absolute Gasteiger partial charge is 0.283 e. The lowest BCUT2D eigenvalue weighted by Gasteiger charge is -2.38. The number of nitrogens with one attached hydrogen (secondary N) is 1. The third-order valence-electron chi connectivity index (χ3n) is 5.08.